The summed E-state index contributed by atoms with van der Waals surface area (Å²) < 4.78 is 5.54. The van der Waals surface area contributed by atoms with Gasteiger partial charge in [-0.15, -0.1) is 0 Å². The van der Waals surface area contributed by atoms with Crippen LogP contribution in [0.1, 0.15) is 62.4 Å². The van der Waals surface area contributed by atoms with E-state index in [-0.39, 0.29) is 5.41 Å². The zero-order chi connectivity index (χ0) is 12.5. The van der Waals surface area contributed by atoms with Crippen LogP contribution in [0.4, 0.5) is 0 Å². The van der Waals surface area contributed by atoms with E-state index in [1.165, 1.54) is 0 Å². The molecule has 0 amide bonds. The molecule has 0 fully saturated rings. The van der Waals surface area contributed by atoms with E-state index in [9.17, 15) is 5.11 Å². The van der Waals surface area contributed by atoms with Gasteiger partial charge in [-0.05, 0) is 44.6 Å². The van der Waals surface area contributed by atoms with E-state index in [2.05, 4.69) is 20.8 Å². The molecule has 0 aliphatic carbocycles. The predicted octanol–water partition coefficient (Wildman–Crippen LogP) is 4.06. The fraction of sp³-hybridized carbons (Fsp3) is 0.714. The number of hydrogen-bond donors (Lipinski definition) is 1. The molecule has 0 saturated carbocycles. The Morgan fingerprint density at radius 2 is 1.69 bits per heavy atom. The molecule has 2 heteroatoms. The van der Waals surface area contributed by atoms with E-state index >= 15 is 0 Å². The summed E-state index contributed by atoms with van der Waals surface area (Å²) in [5.74, 6) is 1.78. The largest absolute Gasteiger partial charge is 0.466 e. The molecule has 0 spiro atoms. The number of hydrogen-bond acceptors (Lipinski definition) is 2. The van der Waals surface area contributed by atoms with Crippen LogP contribution in [0.25, 0.3) is 0 Å². The Labute approximate surface area is 98.7 Å². The minimum absolute atomic E-state index is 0.265. The molecular formula is C14H24O2. The zero-order valence-electron chi connectivity index (χ0n) is 11.3. The third-order valence-electron chi connectivity index (χ3n) is 3.12. The Hall–Kier alpha value is -0.760. The molecule has 2 nitrogen and oxygen atoms in total. The summed E-state index contributed by atoms with van der Waals surface area (Å²) in [4.78, 5) is 0. The average Bonchev–Trinajstić information content (AvgIpc) is 2.36. The Morgan fingerprint density at radius 1 is 1.12 bits per heavy atom. The van der Waals surface area contributed by atoms with Crippen LogP contribution >= 0.6 is 0 Å². The van der Waals surface area contributed by atoms with Crippen LogP contribution in [0.3, 0.4) is 0 Å². The smallest absolute Gasteiger partial charge is 0.107 e. The SMILES string of the molecule is Cc1oc(C)c(C(O)CCC(C)(C)C)c1C. The quantitative estimate of drug-likeness (QED) is 0.839. The van der Waals surface area contributed by atoms with Crippen molar-refractivity contribution < 1.29 is 9.52 Å². The van der Waals surface area contributed by atoms with Gasteiger partial charge in [-0.1, -0.05) is 20.8 Å². The topological polar surface area (TPSA) is 33.4 Å². The lowest BCUT2D eigenvalue weighted by Crippen LogP contribution is -2.09. The molecule has 1 unspecified atom stereocenters. The third kappa shape index (κ3) is 3.11. The first-order chi connectivity index (χ1) is 7.22. The average molecular weight is 224 g/mol. The predicted molar refractivity (Wildman–Crippen MR) is 66.6 cm³/mol. The number of aliphatic hydroxyl groups is 1. The van der Waals surface area contributed by atoms with Crippen LogP contribution in [-0.2, 0) is 0 Å². The van der Waals surface area contributed by atoms with E-state index in [0.29, 0.717) is 0 Å². The highest BCUT2D eigenvalue weighted by atomic mass is 16.3. The molecule has 1 rings (SSSR count). The molecule has 0 aromatic carbocycles. The van der Waals surface area contributed by atoms with Crippen LogP contribution in [-0.4, -0.2) is 5.11 Å². The third-order valence-corrected chi connectivity index (χ3v) is 3.12. The summed E-state index contributed by atoms with van der Waals surface area (Å²) in [5, 5.41) is 10.2. The fourth-order valence-corrected chi connectivity index (χ4v) is 2.01. The van der Waals surface area contributed by atoms with Gasteiger partial charge in [-0.2, -0.15) is 0 Å². The van der Waals surface area contributed by atoms with Crippen LogP contribution in [0.2, 0.25) is 0 Å². The van der Waals surface area contributed by atoms with Crippen LogP contribution in [0.5, 0.6) is 0 Å². The van der Waals surface area contributed by atoms with Crippen molar-refractivity contribution in [3.05, 3.63) is 22.6 Å². The molecule has 1 aromatic rings. The van der Waals surface area contributed by atoms with Gasteiger partial charge in [0.25, 0.3) is 0 Å². The van der Waals surface area contributed by atoms with Gasteiger partial charge < -0.3 is 9.52 Å². The second kappa shape index (κ2) is 4.62. The van der Waals surface area contributed by atoms with E-state index in [4.69, 9.17) is 4.42 Å². The Morgan fingerprint density at radius 3 is 2.06 bits per heavy atom. The van der Waals surface area contributed by atoms with Gasteiger partial charge in [0.1, 0.15) is 11.5 Å². The zero-order valence-corrected chi connectivity index (χ0v) is 11.3. The maximum atomic E-state index is 10.2. The highest BCUT2D eigenvalue weighted by molar-refractivity contribution is 5.33. The first-order valence-corrected chi connectivity index (χ1v) is 5.97. The molecule has 92 valence electrons. The normalized spacial score (nSPS) is 14.2. The second-order valence-electron chi connectivity index (χ2n) is 5.87. The molecule has 0 bridgehead atoms. The fourth-order valence-electron chi connectivity index (χ4n) is 2.01. The Balaban J connectivity index is 2.77. The molecule has 1 aromatic heterocycles. The number of rotatable bonds is 3. The van der Waals surface area contributed by atoms with Gasteiger partial charge in [0.05, 0.1) is 6.10 Å². The standard InChI is InChI=1S/C14H24O2/c1-9-10(2)16-11(3)13(9)12(15)7-8-14(4,5)6/h12,15H,7-8H2,1-6H3. The van der Waals surface area contributed by atoms with Crippen LogP contribution in [0, 0.1) is 26.2 Å². The van der Waals surface area contributed by atoms with Crippen molar-refractivity contribution in [2.75, 3.05) is 0 Å². The highest BCUT2D eigenvalue weighted by Gasteiger charge is 2.21. The lowest BCUT2D eigenvalue weighted by atomic mass is 9.87. The van der Waals surface area contributed by atoms with Crippen molar-refractivity contribution >= 4 is 0 Å². The van der Waals surface area contributed by atoms with Gasteiger partial charge >= 0.3 is 0 Å². The first-order valence-electron chi connectivity index (χ1n) is 5.97. The molecule has 0 radical (unpaired) electrons. The van der Waals surface area contributed by atoms with Crippen molar-refractivity contribution in [2.45, 2.75) is 60.5 Å². The molecule has 1 N–H and O–H groups in total. The van der Waals surface area contributed by atoms with E-state index in [0.717, 1.165) is 35.5 Å². The summed E-state index contributed by atoms with van der Waals surface area (Å²) in [6, 6.07) is 0. The van der Waals surface area contributed by atoms with E-state index < -0.39 is 6.10 Å². The summed E-state index contributed by atoms with van der Waals surface area (Å²) in [6.07, 6.45) is 1.42. The van der Waals surface area contributed by atoms with Crippen molar-refractivity contribution in [3.63, 3.8) is 0 Å². The minimum atomic E-state index is -0.392. The number of aliphatic hydroxyl groups excluding tert-OH is 1. The summed E-state index contributed by atoms with van der Waals surface area (Å²) in [7, 11) is 0. The molecule has 0 saturated heterocycles. The summed E-state index contributed by atoms with van der Waals surface area (Å²) in [5.41, 5.74) is 2.35. The van der Waals surface area contributed by atoms with E-state index in [1.807, 2.05) is 20.8 Å². The monoisotopic (exact) mass is 224 g/mol. The highest BCUT2D eigenvalue weighted by Crippen LogP contribution is 2.32. The first kappa shape index (κ1) is 13.3. The molecule has 0 aliphatic rings. The lowest BCUT2D eigenvalue weighted by Gasteiger charge is -2.20. The van der Waals surface area contributed by atoms with Gasteiger partial charge in [0.15, 0.2) is 0 Å². The summed E-state index contributed by atoms with van der Waals surface area (Å²) >= 11 is 0. The van der Waals surface area contributed by atoms with Crippen LogP contribution in [0.15, 0.2) is 4.42 Å². The lowest BCUT2D eigenvalue weighted by molar-refractivity contribution is 0.145. The minimum Gasteiger partial charge on any atom is -0.466 e. The van der Waals surface area contributed by atoms with Gasteiger partial charge in [-0.3, -0.25) is 0 Å². The Bertz CT molecular complexity index is 356. The van der Waals surface area contributed by atoms with E-state index in [1.54, 1.807) is 0 Å². The van der Waals surface area contributed by atoms with Crippen molar-refractivity contribution in [1.82, 2.24) is 0 Å². The molecule has 16 heavy (non-hydrogen) atoms. The number of aryl methyl sites for hydroxylation is 2. The second-order valence-corrected chi connectivity index (χ2v) is 5.87. The van der Waals surface area contributed by atoms with Crippen molar-refractivity contribution in [1.29, 1.82) is 0 Å². The molecule has 1 atom stereocenters. The summed E-state index contributed by atoms with van der Waals surface area (Å²) in [6.45, 7) is 12.5. The molecular weight excluding hydrogens is 200 g/mol. The van der Waals surface area contributed by atoms with Crippen LogP contribution < -0.4 is 0 Å². The van der Waals surface area contributed by atoms with Crippen molar-refractivity contribution in [3.8, 4) is 0 Å². The molecule has 0 aliphatic heterocycles. The van der Waals surface area contributed by atoms with Gasteiger partial charge in [0, 0.05) is 5.56 Å². The van der Waals surface area contributed by atoms with Crippen molar-refractivity contribution in [2.24, 2.45) is 5.41 Å². The number of furan rings is 1. The molecule has 1 heterocycles. The van der Waals surface area contributed by atoms with Gasteiger partial charge in [-0.25, -0.2) is 0 Å². The maximum absolute atomic E-state index is 10.2. The van der Waals surface area contributed by atoms with Gasteiger partial charge in [0.2, 0.25) is 0 Å². The Kier molecular flexibility index (Phi) is 3.84. The maximum Gasteiger partial charge on any atom is 0.107 e.